The first-order valence-corrected chi connectivity index (χ1v) is 12.3. The fourth-order valence-electron chi connectivity index (χ4n) is 3.61. The van der Waals surface area contributed by atoms with Gasteiger partial charge in [-0.2, -0.15) is 48.3 Å². The highest BCUT2D eigenvalue weighted by Crippen LogP contribution is 2.44. The number of hydrogen-bond acceptors (Lipinski definition) is 4. The predicted molar refractivity (Wildman–Crippen MR) is 129 cm³/mol. The molecule has 0 aliphatic rings. The lowest BCUT2D eigenvalue weighted by molar-refractivity contribution is -0.289. The van der Waals surface area contributed by atoms with Crippen LogP contribution in [-0.2, 0) is 19.0 Å². The van der Waals surface area contributed by atoms with Gasteiger partial charge in [0.1, 0.15) is 12.4 Å². The van der Waals surface area contributed by atoms with Crippen molar-refractivity contribution in [2.75, 3.05) is 11.9 Å². The van der Waals surface area contributed by atoms with Gasteiger partial charge < -0.3 is 15.2 Å². The molecule has 3 rings (SSSR count). The molecule has 0 aliphatic carbocycles. The Morgan fingerprint density at radius 1 is 0.780 bits per heavy atom. The first-order valence-electron chi connectivity index (χ1n) is 11.5. The summed E-state index contributed by atoms with van der Waals surface area (Å²) in [5.74, 6) is -5.23. The van der Waals surface area contributed by atoms with Crippen molar-refractivity contribution in [1.82, 2.24) is 0 Å². The standard InChI is InChI=1S/C26H20F11NO2S/c27-23(28,25(32,33)34)17-6-1-4-15(10-17)12-19-20(38-13-22(39)24(29,30)31)8-3-9-21(19)40-14-16-5-2-7-18(11-16)41-26(35,36)37/h1-11,22,38-39H,12-14H2. The van der Waals surface area contributed by atoms with Crippen molar-refractivity contribution in [3.8, 4) is 5.75 Å². The normalized spacial score (nSPS) is 13.7. The number of anilines is 1. The number of aliphatic hydroxyl groups excluding tert-OH is 1. The van der Waals surface area contributed by atoms with E-state index in [0.29, 0.717) is 12.1 Å². The van der Waals surface area contributed by atoms with Crippen LogP contribution in [0, 0.1) is 0 Å². The van der Waals surface area contributed by atoms with Gasteiger partial charge in [0, 0.05) is 34.7 Å². The van der Waals surface area contributed by atoms with E-state index >= 15 is 0 Å². The number of alkyl halides is 11. The van der Waals surface area contributed by atoms with Crippen LogP contribution in [0.25, 0.3) is 0 Å². The Morgan fingerprint density at radius 3 is 2.05 bits per heavy atom. The highest BCUT2D eigenvalue weighted by molar-refractivity contribution is 8.00. The van der Waals surface area contributed by atoms with Gasteiger partial charge in [0.25, 0.3) is 0 Å². The van der Waals surface area contributed by atoms with E-state index in [1.54, 1.807) is 0 Å². The molecule has 1 atom stereocenters. The molecular formula is C26H20F11NO2S. The van der Waals surface area contributed by atoms with Crippen LogP contribution in [0.15, 0.2) is 71.6 Å². The minimum atomic E-state index is -5.88. The van der Waals surface area contributed by atoms with Gasteiger partial charge in [-0.05, 0) is 53.2 Å². The van der Waals surface area contributed by atoms with Gasteiger partial charge >= 0.3 is 23.8 Å². The van der Waals surface area contributed by atoms with Gasteiger partial charge in [-0.3, -0.25) is 0 Å². The maximum atomic E-state index is 13.9. The van der Waals surface area contributed by atoms with Crippen LogP contribution in [0.5, 0.6) is 5.75 Å². The lowest BCUT2D eigenvalue weighted by atomic mass is 9.98. The number of hydrogen-bond donors (Lipinski definition) is 2. The third-order valence-corrected chi connectivity index (χ3v) is 6.27. The summed E-state index contributed by atoms with van der Waals surface area (Å²) in [6.07, 6.45) is -14.0. The number of rotatable bonds is 10. The molecule has 1 unspecified atom stereocenters. The molecule has 0 fully saturated rings. The summed E-state index contributed by atoms with van der Waals surface area (Å²) < 4.78 is 149. The van der Waals surface area contributed by atoms with Crippen molar-refractivity contribution in [1.29, 1.82) is 0 Å². The zero-order valence-corrected chi connectivity index (χ0v) is 21.3. The second kappa shape index (κ2) is 12.3. The molecular weight excluding hydrogens is 599 g/mol. The Balaban J connectivity index is 1.94. The summed E-state index contributed by atoms with van der Waals surface area (Å²) in [5, 5.41) is 11.7. The summed E-state index contributed by atoms with van der Waals surface area (Å²) >= 11 is -0.362. The Labute approximate surface area is 230 Å². The van der Waals surface area contributed by atoms with Gasteiger partial charge in [0.2, 0.25) is 0 Å². The van der Waals surface area contributed by atoms with Crippen molar-refractivity contribution in [2.24, 2.45) is 0 Å². The molecule has 0 spiro atoms. The second-order valence-corrected chi connectivity index (χ2v) is 9.79. The second-order valence-electron chi connectivity index (χ2n) is 8.65. The molecule has 0 amide bonds. The summed E-state index contributed by atoms with van der Waals surface area (Å²) in [6.45, 7) is -1.34. The third-order valence-electron chi connectivity index (χ3n) is 5.55. The molecule has 0 saturated heterocycles. The van der Waals surface area contributed by atoms with E-state index in [1.165, 1.54) is 48.5 Å². The molecule has 0 heterocycles. The Kier molecular flexibility index (Phi) is 9.73. The van der Waals surface area contributed by atoms with Crippen LogP contribution in [0.3, 0.4) is 0 Å². The van der Waals surface area contributed by atoms with E-state index in [1.807, 2.05) is 0 Å². The molecule has 0 radical (unpaired) electrons. The van der Waals surface area contributed by atoms with Crippen LogP contribution in [0.2, 0.25) is 0 Å². The average Bonchev–Trinajstić information content (AvgIpc) is 2.85. The van der Waals surface area contributed by atoms with Crippen molar-refractivity contribution < 1.29 is 58.1 Å². The SMILES string of the molecule is OC(CNc1cccc(OCc2cccc(SC(F)(F)F)c2)c1Cc1cccc(C(F)(F)C(F)(F)F)c1)C(F)(F)F. The first-order chi connectivity index (χ1) is 18.9. The number of ether oxygens (including phenoxy) is 1. The number of nitrogens with one attached hydrogen (secondary N) is 1. The fraction of sp³-hybridized carbons (Fsp3) is 0.308. The molecule has 0 saturated carbocycles. The molecule has 2 N–H and O–H groups in total. The maximum absolute atomic E-state index is 13.9. The Bertz CT molecular complexity index is 1320. The van der Waals surface area contributed by atoms with Crippen molar-refractivity contribution in [3.05, 3.63) is 89.0 Å². The zero-order valence-electron chi connectivity index (χ0n) is 20.5. The lowest BCUT2D eigenvalue weighted by Crippen LogP contribution is -2.35. The van der Waals surface area contributed by atoms with Gasteiger partial charge in [-0.15, -0.1) is 0 Å². The molecule has 224 valence electrons. The molecule has 3 nitrogen and oxygen atoms in total. The monoisotopic (exact) mass is 619 g/mol. The fourth-order valence-corrected chi connectivity index (χ4v) is 4.23. The van der Waals surface area contributed by atoms with Crippen molar-refractivity contribution in [3.63, 3.8) is 0 Å². The summed E-state index contributed by atoms with van der Waals surface area (Å²) in [5.41, 5.74) is -5.73. The number of benzene rings is 3. The molecule has 3 aromatic rings. The zero-order chi connectivity index (χ0) is 30.6. The smallest absolute Gasteiger partial charge is 0.458 e. The van der Waals surface area contributed by atoms with E-state index < -0.39 is 48.4 Å². The topological polar surface area (TPSA) is 41.5 Å². The maximum Gasteiger partial charge on any atom is 0.458 e. The molecule has 41 heavy (non-hydrogen) atoms. The van der Waals surface area contributed by atoms with Crippen LogP contribution in [0.4, 0.5) is 54.0 Å². The lowest BCUT2D eigenvalue weighted by Gasteiger charge is -2.22. The van der Waals surface area contributed by atoms with Gasteiger partial charge in [0.15, 0.2) is 6.10 Å². The number of aliphatic hydroxyl groups is 1. The highest BCUT2D eigenvalue weighted by Gasteiger charge is 2.58. The molecule has 0 bridgehead atoms. The molecule has 3 aromatic carbocycles. The largest absolute Gasteiger partial charge is 0.489 e. The first kappa shape index (κ1) is 32.3. The van der Waals surface area contributed by atoms with Crippen LogP contribution < -0.4 is 10.1 Å². The summed E-state index contributed by atoms with van der Waals surface area (Å²) in [7, 11) is 0. The van der Waals surface area contributed by atoms with E-state index in [4.69, 9.17) is 4.74 Å². The minimum absolute atomic E-state index is 0.0372. The van der Waals surface area contributed by atoms with E-state index in [2.05, 4.69) is 5.32 Å². The average molecular weight is 619 g/mol. The van der Waals surface area contributed by atoms with Crippen molar-refractivity contribution >= 4 is 17.4 Å². The predicted octanol–water partition coefficient (Wildman–Crippen LogP) is 8.46. The summed E-state index contributed by atoms with van der Waals surface area (Å²) in [4.78, 5) is -0.141. The summed E-state index contributed by atoms with van der Waals surface area (Å²) in [6, 6.07) is 12.5. The molecule has 15 heteroatoms. The van der Waals surface area contributed by atoms with E-state index in [-0.39, 0.29) is 51.4 Å². The molecule has 0 aliphatic heterocycles. The van der Waals surface area contributed by atoms with Gasteiger partial charge in [-0.1, -0.05) is 36.4 Å². The van der Waals surface area contributed by atoms with Gasteiger partial charge in [-0.25, -0.2) is 0 Å². The Hall–Kier alpha value is -3.20. The Morgan fingerprint density at radius 2 is 1.41 bits per heavy atom. The number of halogens is 11. The molecule has 0 aromatic heterocycles. The van der Waals surface area contributed by atoms with Crippen LogP contribution >= 0.6 is 11.8 Å². The quantitative estimate of drug-likeness (QED) is 0.177. The van der Waals surface area contributed by atoms with E-state index in [0.717, 1.165) is 6.07 Å². The van der Waals surface area contributed by atoms with Crippen LogP contribution in [0.1, 0.15) is 22.3 Å². The third kappa shape index (κ3) is 8.89. The minimum Gasteiger partial charge on any atom is -0.489 e. The van der Waals surface area contributed by atoms with Gasteiger partial charge in [0.05, 0.1) is 0 Å². The van der Waals surface area contributed by atoms with Crippen LogP contribution in [-0.4, -0.2) is 35.6 Å². The van der Waals surface area contributed by atoms with E-state index in [9.17, 15) is 53.4 Å². The highest BCUT2D eigenvalue weighted by atomic mass is 32.2. The van der Waals surface area contributed by atoms with Crippen molar-refractivity contribution in [2.45, 2.75) is 47.8 Å². The number of thioether (sulfide) groups is 1.